The molecule has 0 fully saturated rings. The minimum Gasteiger partial charge on any atom is -0.298 e. The lowest BCUT2D eigenvalue weighted by atomic mass is 10.2. The van der Waals surface area contributed by atoms with Gasteiger partial charge in [0.1, 0.15) is 4.47 Å². The molecule has 0 bridgehead atoms. The molecule has 8 heteroatoms. The quantitative estimate of drug-likeness (QED) is 0.684. The van der Waals surface area contributed by atoms with Crippen molar-refractivity contribution in [1.29, 1.82) is 0 Å². The predicted molar refractivity (Wildman–Crippen MR) is 75.6 cm³/mol. The van der Waals surface area contributed by atoms with Gasteiger partial charge >= 0.3 is 0 Å². The topological polar surface area (TPSA) is 85.1 Å². The van der Waals surface area contributed by atoms with Crippen LogP contribution >= 0.6 is 27.3 Å². The Morgan fingerprint density at radius 1 is 1.53 bits per heavy atom. The van der Waals surface area contributed by atoms with Crippen LogP contribution in [0.5, 0.6) is 0 Å². The Bertz CT molecular complexity index is 656. The van der Waals surface area contributed by atoms with Crippen LogP contribution in [0.2, 0.25) is 0 Å². The highest BCUT2D eigenvalue weighted by atomic mass is 79.9. The van der Waals surface area contributed by atoms with Gasteiger partial charge in [0.25, 0.3) is 11.6 Å². The zero-order chi connectivity index (χ0) is 14.0. The van der Waals surface area contributed by atoms with Gasteiger partial charge in [-0.2, -0.15) is 0 Å². The molecule has 98 valence electrons. The van der Waals surface area contributed by atoms with Crippen molar-refractivity contribution >= 4 is 44.0 Å². The number of halogens is 1. The normalized spacial score (nSPS) is 10.2. The van der Waals surface area contributed by atoms with E-state index in [1.807, 2.05) is 6.92 Å². The third kappa shape index (κ3) is 2.96. The maximum Gasteiger partial charge on any atom is 0.284 e. The second-order valence-electron chi connectivity index (χ2n) is 3.64. The number of nitrogens with zero attached hydrogens (tertiary/aromatic N) is 2. The van der Waals surface area contributed by atoms with Crippen molar-refractivity contribution in [3.8, 4) is 0 Å². The van der Waals surface area contributed by atoms with Gasteiger partial charge < -0.3 is 0 Å². The van der Waals surface area contributed by atoms with Gasteiger partial charge in [-0.3, -0.25) is 20.2 Å². The predicted octanol–water partition coefficient (Wildman–Crippen LogP) is 3.37. The molecule has 1 aromatic carbocycles. The van der Waals surface area contributed by atoms with Gasteiger partial charge in [0.05, 0.1) is 16.2 Å². The zero-order valence-corrected chi connectivity index (χ0v) is 12.1. The number of aromatic nitrogens is 1. The number of amides is 1. The summed E-state index contributed by atoms with van der Waals surface area (Å²) in [6, 6.07) is 4.30. The van der Waals surface area contributed by atoms with E-state index in [4.69, 9.17) is 0 Å². The van der Waals surface area contributed by atoms with E-state index in [1.165, 1.54) is 29.5 Å². The third-order valence-electron chi connectivity index (χ3n) is 2.26. The van der Waals surface area contributed by atoms with E-state index in [-0.39, 0.29) is 15.7 Å². The molecule has 0 saturated heterocycles. The van der Waals surface area contributed by atoms with Gasteiger partial charge in [-0.15, -0.1) is 11.3 Å². The first-order valence-electron chi connectivity index (χ1n) is 5.15. The fourth-order valence-corrected chi connectivity index (χ4v) is 2.68. The maximum atomic E-state index is 12.0. The van der Waals surface area contributed by atoms with Crippen molar-refractivity contribution in [2.75, 3.05) is 5.32 Å². The van der Waals surface area contributed by atoms with Gasteiger partial charge in [-0.25, -0.2) is 4.98 Å². The molecule has 6 nitrogen and oxygen atoms in total. The molecular formula is C11H8BrN3O3S. The number of nitro benzene ring substituents is 1. The first-order chi connectivity index (χ1) is 8.99. The summed E-state index contributed by atoms with van der Waals surface area (Å²) < 4.78 is 0.158. The largest absolute Gasteiger partial charge is 0.298 e. The van der Waals surface area contributed by atoms with Gasteiger partial charge in [-0.1, -0.05) is 6.07 Å². The molecule has 0 unspecified atom stereocenters. The molecule has 0 radical (unpaired) electrons. The molecule has 0 aliphatic carbocycles. The summed E-state index contributed by atoms with van der Waals surface area (Å²) >= 11 is 4.38. The van der Waals surface area contributed by atoms with Crippen molar-refractivity contribution in [2.45, 2.75) is 6.92 Å². The second kappa shape index (κ2) is 5.45. The Labute approximate surface area is 120 Å². The van der Waals surface area contributed by atoms with Crippen LogP contribution in [0.3, 0.4) is 0 Å². The third-order valence-corrected chi connectivity index (χ3v) is 3.97. The molecule has 1 N–H and O–H groups in total. The van der Waals surface area contributed by atoms with Crippen LogP contribution in [0.25, 0.3) is 0 Å². The number of benzene rings is 1. The van der Waals surface area contributed by atoms with Crippen molar-refractivity contribution < 1.29 is 9.72 Å². The number of aryl methyl sites for hydroxylation is 1. The number of nitro groups is 1. The van der Waals surface area contributed by atoms with Gasteiger partial charge in [-0.05, 0) is 28.9 Å². The summed E-state index contributed by atoms with van der Waals surface area (Å²) in [7, 11) is 0. The summed E-state index contributed by atoms with van der Waals surface area (Å²) in [6.45, 7) is 1.81. The number of hydrogen-bond donors (Lipinski definition) is 1. The molecule has 0 saturated carbocycles. The number of rotatable bonds is 3. The first kappa shape index (κ1) is 13.6. The summed E-state index contributed by atoms with van der Waals surface area (Å²) in [5, 5.41) is 15.7. The summed E-state index contributed by atoms with van der Waals surface area (Å²) in [6.07, 6.45) is 0. The molecule has 0 spiro atoms. The smallest absolute Gasteiger partial charge is 0.284 e. The first-order valence-corrected chi connectivity index (χ1v) is 6.82. The van der Waals surface area contributed by atoms with Crippen LogP contribution in [0.1, 0.15) is 16.1 Å². The minimum atomic E-state index is -0.547. The van der Waals surface area contributed by atoms with E-state index >= 15 is 0 Å². The Morgan fingerprint density at radius 3 is 2.84 bits per heavy atom. The molecule has 1 aromatic heterocycles. The fraction of sp³-hybridized carbons (Fsp3) is 0.0909. The Balaban J connectivity index is 2.29. The summed E-state index contributed by atoms with van der Waals surface area (Å²) in [4.78, 5) is 26.4. The molecule has 0 aliphatic heterocycles. The van der Waals surface area contributed by atoms with E-state index in [0.29, 0.717) is 5.13 Å². The number of hydrogen-bond acceptors (Lipinski definition) is 5. The second-order valence-corrected chi connectivity index (χ2v) is 5.30. The van der Waals surface area contributed by atoms with Crippen molar-refractivity contribution in [3.63, 3.8) is 0 Å². The number of carbonyl (C=O) groups excluding carboxylic acids is 1. The lowest BCUT2D eigenvalue weighted by Gasteiger charge is -2.04. The van der Waals surface area contributed by atoms with Crippen molar-refractivity contribution in [3.05, 3.63) is 49.4 Å². The van der Waals surface area contributed by atoms with Crippen LogP contribution in [0.4, 0.5) is 10.8 Å². The Hall–Kier alpha value is -1.80. The van der Waals surface area contributed by atoms with E-state index in [0.717, 1.165) is 5.69 Å². The Kier molecular flexibility index (Phi) is 3.91. The zero-order valence-electron chi connectivity index (χ0n) is 9.71. The summed E-state index contributed by atoms with van der Waals surface area (Å²) in [5.41, 5.74) is 0.850. The number of nitrogens with one attached hydrogen (secondary N) is 1. The van der Waals surface area contributed by atoms with Crippen LogP contribution in [0.15, 0.2) is 28.1 Å². The lowest BCUT2D eigenvalue weighted by Crippen LogP contribution is -2.13. The highest BCUT2D eigenvalue weighted by Crippen LogP contribution is 2.29. The molecule has 1 heterocycles. The van der Waals surface area contributed by atoms with Crippen molar-refractivity contribution in [1.82, 2.24) is 4.98 Å². The highest BCUT2D eigenvalue weighted by Gasteiger charge is 2.19. The number of anilines is 1. The molecular weight excluding hydrogens is 334 g/mol. The monoisotopic (exact) mass is 341 g/mol. The van der Waals surface area contributed by atoms with Gasteiger partial charge in [0.15, 0.2) is 5.13 Å². The van der Waals surface area contributed by atoms with E-state index in [1.54, 1.807) is 5.38 Å². The van der Waals surface area contributed by atoms with E-state index < -0.39 is 10.8 Å². The summed E-state index contributed by atoms with van der Waals surface area (Å²) in [5.74, 6) is -0.440. The Morgan fingerprint density at radius 2 is 2.26 bits per heavy atom. The maximum absolute atomic E-state index is 12.0. The fourth-order valence-electron chi connectivity index (χ4n) is 1.41. The molecule has 0 atom stereocenters. The average molecular weight is 342 g/mol. The van der Waals surface area contributed by atoms with Crippen LogP contribution in [-0.4, -0.2) is 15.8 Å². The van der Waals surface area contributed by atoms with Gasteiger partial charge in [0.2, 0.25) is 0 Å². The lowest BCUT2D eigenvalue weighted by molar-refractivity contribution is -0.385. The van der Waals surface area contributed by atoms with Crippen molar-refractivity contribution in [2.24, 2.45) is 0 Å². The van der Waals surface area contributed by atoms with E-state index in [2.05, 4.69) is 26.2 Å². The standard InChI is InChI=1S/C11H8BrN3O3S/c1-6-5-19-11(13-6)14-10(16)7-3-2-4-8(9(7)12)15(17)18/h2-5H,1H3,(H,13,14,16). The molecule has 19 heavy (non-hydrogen) atoms. The van der Waals surface area contributed by atoms with Crippen LogP contribution in [0, 0.1) is 17.0 Å². The SMILES string of the molecule is Cc1csc(NC(=O)c2cccc([N+](=O)[O-])c2Br)n1. The highest BCUT2D eigenvalue weighted by molar-refractivity contribution is 9.10. The molecule has 0 aliphatic rings. The molecule has 2 rings (SSSR count). The molecule has 1 amide bonds. The van der Waals surface area contributed by atoms with Crippen LogP contribution < -0.4 is 5.32 Å². The van der Waals surface area contributed by atoms with Gasteiger partial charge in [0, 0.05) is 11.4 Å². The average Bonchev–Trinajstić information content (AvgIpc) is 2.74. The van der Waals surface area contributed by atoms with Crippen LogP contribution in [-0.2, 0) is 0 Å². The number of thiazole rings is 1. The number of carbonyl (C=O) groups is 1. The molecule has 2 aromatic rings. The van der Waals surface area contributed by atoms with E-state index in [9.17, 15) is 14.9 Å². The minimum absolute atomic E-state index is 0.150.